The van der Waals surface area contributed by atoms with Crippen LogP contribution in [-0.4, -0.2) is 81.2 Å². The minimum atomic E-state index is 0. The molecule has 1 aliphatic heterocycles. The number of amides is 1. The van der Waals surface area contributed by atoms with E-state index in [1.165, 1.54) is 0 Å². The summed E-state index contributed by atoms with van der Waals surface area (Å²) in [5.74, 6) is 0.804. The fourth-order valence-electron chi connectivity index (χ4n) is 3.41. The third-order valence-corrected chi connectivity index (χ3v) is 4.73. The summed E-state index contributed by atoms with van der Waals surface area (Å²) in [4.78, 5) is 20.3. The number of halogens is 1. The second-order valence-electron chi connectivity index (χ2n) is 7.62. The third kappa shape index (κ3) is 8.88. The van der Waals surface area contributed by atoms with Crippen molar-refractivity contribution in [2.24, 2.45) is 4.99 Å². The Morgan fingerprint density at radius 3 is 2.34 bits per heavy atom. The topological polar surface area (TPSA) is 69.2 Å². The average molecular weight is 517 g/mol. The molecule has 164 valence electrons. The van der Waals surface area contributed by atoms with Crippen LogP contribution in [0.2, 0.25) is 0 Å². The molecule has 0 radical (unpaired) electrons. The maximum Gasteiger partial charge on any atom is 0.253 e. The van der Waals surface area contributed by atoms with Crippen LogP contribution < -0.4 is 10.6 Å². The van der Waals surface area contributed by atoms with Gasteiger partial charge in [0, 0.05) is 59.4 Å². The lowest BCUT2D eigenvalue weighted by Crippen LogP contribution is -2.46. The predicted octanol–water partition coefficient (Wildman–Crippen LogP) is 2.17. The number of hydrogen-bond acceptors (Lipinski definition) is 4. The number of nitrogens with one attached hydrogen (secondary N) is 2. The standard InChI is InChI=1S/C21H35N5O2.HI/c1-16-14-26(15-17(2)28-16)12-6-11-23-21(22-3)24-13-18-7-9-19(10-8-18)20(27)25(4)5;/h7-10,16-17H,6,11-15H2,1-5H3,(H2,22,23,24);1H. The first kappa shape index (κ1) is 25.6. The maximum atomic E-state index is 11.9. The molecule has 0 saturated carbocycles. The summed E-state index contributed by atoms with van der Waals surface area (Å²) in [6.45, 7) is 8.87. The fourth-order valence-corrected chi connectivity index (χ4v) is 3.41. The minimum Gasteiger partial charge on any atom is -0.373 e. The van der Waals surface area contributed by atoms with Gasteiger partial charge < -0.3 is 20.3 Å². The number of carbonyl (C=O) groups excluding carboxylic acids is 1. The highest BCUT2D eigenvalue weighted by Gasteiger charge is 2.21. The van der Waals surface area contributed by atoms with E-state index in [9.17, 15) is 4.79 Å². The Morgan fingerprint density at radius 1 is 1.17 bits per heavy atom. The second kappa shape index (κ2) is 13.0. The van der Waals surface area contributed by atoms with Gasteiger partial charge in [-0.15, -0.1) is 24.0 Å². The van der Waals surface area contributed by atoms with E-state index in [0.717, 1.165) is 44.1 Å². The lowest BCUT2D eigenvalue weighted by molar-refractivity contribution is -0.0679. The van der Waals surface area contributed by atoms with Crippen molar-refractivity contribution in [1.82, 2.24) is 20.4 Å². The largest absolute Gasteiger partial charge is 0.373 e. The number of hydrogen-bond donors (Lipinski definition) is 2. The SMILES string of the molecule is CN=C(NCCCN1CC(C)OC(C)C1)NCc1ccc(C(=O)N(C)C)cc1.I. The van der Waals surface area contributed by atoms with Gasteiger partial charge in [-0.2, -0.15) is 0 Å². The van der Waals surface area contributed by atoms with Crippen molar-refractivity contribution in [3.05, 3.63) is 35.4 Å². The lowest BCUT2D eigenvalue weighted by Gasteiger charge is -2.35. The van der Waals surface area contributed by atoms with E-state index >= 15 is 0 Å². The molecule has 2 atom stereocenters. The molecule has 2 rings (SSSR count). The zero-order valence-corrected chi connectivity index (χ0v) is 20.6. The molecule has 29 heavy (non-hydrogen) atoms. The van der Waals surface area contributed by atoms with Crippen LogP contribution in [-0.2, 0) is 11.3 Å². The first-order chi connectivity index (χ1) is 13.4. The van der Waals surface area contributed by atoms with Gasteiger partial charge in [-0.1, -0.05) is 12.1 Å². The van der Waals surface area contributed by atoms with Crippen LogP contribution in [0.4, 0.5) is 0 Å². The van der Waals surface area contributed by atoms with Crippen molar-refractivity contribution in [3.63, 3.8) is 0 Å². The quantitative estimate of drug-likeness (QED) is 0.251. The molecule has 1 fully saturated rings. The fraction of sp³-hybridized carbons (Fsp3) is 0.619. The highest BCUT2D eigenvalue weighted by atomic mass is 127. The summed E-state index contributed by atoms with van der Waals surface area (Å²) >= 11 is 0. The number of carbonyl (C=O) groups is 1. The summed E-state index contributed by atoms with van der Waals surface area (Å²) < 4.78 is 5.78. The number of guanidine groups is 1. The van der Waals surface area contributed by atoms with E-state index in [1.54, 1.807) is 26.0 Å². The Morgan fingerprint density at radius 2 is 1.79 bits per heavy atom. The van der Waals surface area contributed by atoms with Crippen molar-refractivity contribution in [2.75, 3.05) is 47.3 Å². The molecule has 8 heteroatoms. The van der Waals surface area contributed by atoms with Gasteiger partial charge in [-0.25, -0.2) is 0 Å². The zero-order chi connectivity index (χ0) is 20.5. The molecular formula is C21H36IN5O2. The summed E-state index contributed by atoms with van der Waals surface area (Å²) in [5.41, 5.74) is 1.80. The second-order valence-corrected chi connectivity index (χ2v) is 7.62. The van der Waals surface area contributed by atoms with E-state index in [2.05, 4.69) is 34.4 Å². The van der Waals surface area contributed by atoms with Crippen molar-refractivity contribution >= 4 is 35.8 Å². The number of aliphatic imine (C=N–C) groups is 1. The van der Waals surface area contributed by atoms with Gasteiger partial charge in [-0.05, 0) is 38.0 Å². The molecule has 0 bridgehead atoms. The Labute approximate surface area is 192 Å². The van der Waals surface area contributed by atoms with Crippen LogP contribution in [0.3, 0.4) is 0 Å². The van der Waals surface area contributed by atoms with Crippen LogP contribution in [0.1, 0.15) is 36.2 Å². The van der Waals surface area contributed by atoms with Gasteiger partial charge in [0.05, 0.1) is 12.2 Å². The van der Waals surface area contributed by atoms with E-state index in [1.807, 2.05) is 24.3 Å². The van der Waals surface area contributed by atoms with Crippen LogP contribution in [0.5, 0.6) is 0 Å². The number of benzene rings is 1. The molecule has 7 nitrogen and oxygen atoms in total. The Hall–Kier alpha value is -1.39. The number of morpholine rings is 1. The third-order valence-electron chi connectivity index (χ3n) is 4.73. The first-order valence-electron chi connectivity index (χ1n) is 10.0. The van der Waals surface area contributed by atoms with Crippen LogP contribution in [0.25, 0.3) is 0 Å². The van der Waals surface area contributed by atoms with Gasteiger partial charge in [-0.3, -0.25) is 14.7 Å². The first-order valence-corrected chi connectivity index (χ1v) is 10.0. The van der Waals surface area contributed by atoms with E-state index in [4.69, 9.17) is 4.74 Å². The Bertz CT molecular complexity index is 641. The zero-order valence-electron chi connectivity index (χ0n) is 18.3. The Kier molecular flexibility index (Phi) is 11.5. The molecular weight excluding hydrogens is 481 g/mol. The van der Waals surface area contributed by atoms with Gasteiger partial charge in [0.15, 0.2) is 5.96 Å². The molecule has 2 unspecified atom stereocenters. The molecule has 1 aromatic carbocycles. The smallest absolute Gasteiger partial charge is 0.253 e. The van der Waals surface area contributed by atoms with Gasteiger partial charge in [0.25, 0.3) is 5.91 Å². The number of nitrogens with zero attached hydrogens (tertiary/aromatic N) is 3. The summed E-state index contributed by atoms with van der Waals surface area (Å²) in [6, 6.07) is 7.66. The Balaban J connectivity index is 0.00000420. The van der Waals surface area contributed by atoms with Crippen LogP contribution in [0, 0.1) is 0 Å². The summed E-state index contributed by atoms with van der Waals surface area (Å²) in [5, 5.41) is 6.69. The summed E-state index contributed by atoms with van der Waals surface area (Å²) in [7, 11) is 5.29. The average Bonchev–Trinajstić information content (AvgIpc) is 2.66. The monoisotopic (exact) mass is 517 g/mol. The van der Waals surface area contributed by atoms with Crippen molar-refractivity contribution in [1.29, 1.82) is 0 Å². The van der Waals surface area contributed by atoms with Crippen molar-refractivity contribution in [2.45, 2.75) is 39.0 Å². The van der Waals surface area contributed by atoms with Crippen molar-refractivity contribution in [3.8, 4) is 0 Å². The van der Waals surface area contributed by atoms with Crippen molar-refractivity contribution < 1.29 is 9.53 Å². The van der Waals surface area contributed by atoms with Gasteiger partial charge in [0.1, 0.15) is 0 Å². The molecule has 0 spiro atoms. The molecule has 1 aromatic rings. The van der Waals surface area contributed by atoms with Crippen LogP contribution >= 0.6 is 24.0 Å². The van der Waals surface area contributed by atoms with Gasteiger partial charge in [0.2, 0.25) is 0 Å². The summed E-state index contributed by atoms with van der Waals surface area (Å²) in [6.07, 6.45) is 1.68. The molecule has 1 amide bonds. The highest BCUT2D eigenvalue weighted by Crippen LogP contribution is 2.10. The molecule has 0 aromatic heterocycles. The minimum absolute atomic E-state index is 0. The number of rotatable bonds is 7. The molecule has 1 saturated heterocycles. The van der Waals surface area contributed by atoms with Gasteiger partial charge >= 0.3 is 0 Å². The highest BCUT2D eigenvalue weighted by molar-refractivity contribution is 14.0. The lowest BCUT2D eigenvalue weighted by atomic mass is 10.1. The molecule has 1 aliphatic rings. The molecule has 2 N–H and O–H groups in total. The van der Waals surface area contributed by atoms with E-state index in [0.29, 0.717) is 24.3 Å². The predicted molar refractivity (Wildman–Crippen MR) is 129 cm³/mol. The molecule has 1 heterocycles. The maximum absolute atomic E-state index is 11.9. The van der Waals surface area contributed by atoms with E-state index < -0.39 is 0 Å². The van der Waals surface area contributed by atoms with E-state index in [-0.39, 0.29) is 29.9 Å². The van der Waals surface area contributed by atoms with Crippen LogP contribution in [0.15, 0.2) is 29.3 Å². The molecule has 0 aliphatic carbocycles. The normalized spacial score (nSPS) is 20.0. The number of ether oxygens (including phenoxy) is 1.